The van der Waals surface area contributed by atoms with Gasteiger partial charge in [0.1, 0.15) is 16.2 Å². The highest BCUT2D eigenvalue weighted by Crippen LogP contribution is 2.14. The van der Waals surface area contributed by atoms with Crippen LogP contribution in [-0.4, -0.2) is 10.9 Å². The van der Waals surface area contributed by atoms with E-state index in [1.165, 1.54) is 6.08 Å². The maximum atomic E-state index is 12.2. The van der Waals surface area contributed by atoms with E-state index in [0.717, 1.165) is 5.56 Å². The number of nitrogens with zero attached hydrogens (tertiary/aromatic N) is 2. The third-order valence-corrected chi connectivity index (χ3v) is 3.54. The smallest absolute Gasteiger partial charge is 0.262 e. The van der Waals surface area contributed by atoms with Crippen LogP contribution in [0.25, 0.3) is 6.08 Å². The Morgan fingerprint density at radius 2 is 2.05 bits per heavy atom. The number of carbonyl (C=O) groups is 1. The summed E-state index contributed by atoms with van der Waals surface area (Å²) in [7, 11) is 0. The number of halogens is 1. The number of nitrogens with one attached hydrogen (secondary N) is 1. The largest absolute Gasteiger partial charge is 0.345 e. The molecule has 1 aromatic carbocycles. The summed E-state index contributed by atoms with van der Waals surface area (Å²) < 4.78 is 0.699. The summed E-state index contributed by atoms with van der Waals surface area (Å²) in [6, 6.07) is 14.9. The number of hydrogen-bond donors (Lipinski definition) is 1. The zero-order valence-corrected chi connectivity index (χ0v) is 13.5. The molecule has 0 aliphatic carbocycles. The molecular formula is C17H14BrN3O. The Labute approximate surface area is 137 Å². The average Bonchev–Trinajstić information content (AvgIpc) is 2.55. The first-order chi connectivity index (χ1) is 10.6. The van der Waals surface area contributed by atoms with E-state index in [9.17, 15) is 10.1 Å². The summed E-state index contributed by atoms with van der Waals surface area (Å²) in [6.45, 7) is 1.88. The van der Waals surface area contributed by atoms with Gasteiger partial charge >= 0.3 is 0 Å². The van der Waals surface area contributed by atoms with Crippen molar-refractivity contribution in [1.82, 2.24) is 10.3 Å². The zero-order valence-electron chi connectivity index (χ0n) is 12.0. The van der Waals surface area contributed by atoms with Crippen LogP contribution in [0.3, 0.4) is 0 Å². The van der Waals surface area contributed by atoms with E-state index in [1.54, 1.807) is 18.3 Å². The van der Waals surface area contributed by atoms with E-state index in [-0.39, 0.29) is 11.6 Å². The number of amides is 1. The van der Waals surface area contributed by atoms with Crippen LogP contribution in [0.5, 0.6) is 0 Å². The molecule has 0 aliphatic rings. The number of benzene rings is 1. The van der Waals surface area contributed by atoms with Gasteiger partial charge in [-0.25, -0.2) is 4.98 Å². The van der Waals surface area contributed by atoms with E-state index in [0.29, 0.717) is 10.2 Å². The van der Waals surface area contributed by atoms with Crippen LogP contribution in [0.1, 0.15) is 24.1 Å². The van der Waals surface area contributed by atoms with E-state index in [4.69, 9.17) is 0 Å². The summed E-state index contributed by atoms with van der Waals surface area (Å²) in [5.41, 5.74) is 1.73. The minimum atomic E-state index is -0.401. The highest BCUT2D eigenvalue weighted by atomic mass is 79.9. The van der Waals surface area contributed by atoms with Gasteiger partial charge in [0.15, 0.2) is 0 Å². The molecule has 1 aromatic heterocycles. The quantitative estimate of drug-likeness (QED) is 0.517. The molecule has 1 amide bonds. The number of pyridine rings is 1. The van der Waals surface area contributed by atoms with Gasteiger partial charge in [-0.05, 0) is 46.1 Å². The van der Waals surface area contributed by atoms with Crippen molar-refractivity contribution in [3.8, 4) is 6.07 Å². The van der Waals surface area contributed by atoms with Crippen LogP contribution >= 0.6 is 15.9 Å². The summed E-state index contributed by atoms with van der Waals surface area (Å²) in [5.74, 6) is -0.401. The third-order valence-electron chi connectivity index (χ3n) is 3.07. The summed E-state index contributed by atoms with van der Waals surface area (Å²) in [6.07, 6.45) is 3.11. The molecule has 1 atom stereocenters. The third kappa shape index (κ3) is 4.27. The van der Waals surface area contributed by atoms with Gasteiger partial charge in [0, 0.05) is 6.20 Å². The lowest BCUT2D eigenvalue weighted by atomic mass is 10.1. The van der Waals surface area contributed by atoms with Crippen LogP contribution in [-0.2, 0) is 4.79 Å². The zero-order chi connectivity index (χ0) is 15.9. The van der Waals surface area contributed by atoms with Crippen molar-refractivity contribution in [1.29, 1.82) is 5.26 Å². The second kappa shape index (κ2) is 7.53. The second-order valence-electron chi connectivity index (χ2n) is 4.69. The molecule has 0 saturated carbocycles. The average molecular weight is 356 g/mol. The van der Waals surface area contributed by atoms with Gasteiger partial charge in [-0.3, -0.25) is 4.79 Å². The van der Waals surface area contributed by atoms with E-state index >= 15 is 0 Å². The van der Waals surface area contributed by atoms with Crippen molar-refractivity contribution in [2.24, 2.45) is 0 Å². The van der Waals surface area contributed by atoms with Crippen molar-refractivity contribution < 1.29 is 4.79 Å². The standard InChI is InChI=1S/C17H14BrN3O/c1-12(14-5-3-2-4-6-14)21-17(22)15(10-19)9-13-7-8-16(18)20-11-13/h2-9,11-12H,1H3,(H,21,22)/b15-9+/t12-/m0/s1. The van der Waals surface area contributed by atoms with Crippen LogP contribution in [0, 0.1) is 11.3 Å². The Kier molecular flexibility index (Phi) is 5.45. The van der Waals surface area contributed by atoms with Gasteiger partial charge in [0.25, 0.3) is 5.91 Å². The monoisotopic (exact) mass is 355 g/mol. The summed E-state index contributed by atoms with van der Waals surface area (Å²) in [4.78, 5) is 16.3. The maximum Gasteiger partial charge on any atom is 0.262 e. The number of aromatic nitrogens is 1. The van der Waals surface area contributed by atoms with Crippen molar-refractivity contribution >= 4 is 27.9 Å². The van der Waals surface area contributed by atoms with Gasteiger partial charge < -0.3 is 5.32 Å². The van der Waals surface area contributed by atoms with Gasteiger partial charge in [0.2, 0.25) is 0 Å². The van der Waals surface area contributed by atoms with Crippen molar-refractivity contribution in [3.63, 3.8) is 0 Å². The number of rotatable bonds is 4. The van der Waals surface area contributed by atoms with Crippen LogP contribution in [0.4, 0.5) is 0 Å². The van der Waals surface area contributed by atoms with Crippen LogP contribution < -0.4 is 5.32 Å². The molecule has 4 nitrogen and oxygen atoms in total. The Morgan fingerprint density at radius 3 is 2.64 bits per heavy atom. The SMILES string of the molecule is C[C@H](NC(=O)/C(C#N)=C/c1ccc(Br)nc1)c1ccccc1. The van der Waals surface area contributed by atoms with Gasteiger partial charge in [0.05, 0.1) is 6.04 Å². The predicted molar refractivity (Wildman–Crippen MR) is 88.5 cm³/mol. The Balaban J connectivity index is 2.12. The Bertz CT molecular complexity index is 718. The highest BCUT2D eigenvalue weighted by molar-refractivity contribution is 9.10. The lowest BCUT2D eigenvalue weighted by Crippen LogP contribution is -2.27. The first kappa shape index (κ1) is 15.9. The summed E-state index contributed by atoms with van der Waals surface area (Å²) >= 11 is 3.24. The first-order valence-corrected chi connectivity index (χ1v) is 7.48. The van der Waals surface area contributed by atoms with Gasteiger partial charge in [-0.1, -0.05) is 36.4 Å². The van der Waals surface area contributed by atoms with E-state index < -0.39 is 5.91 Å². The Morgan fingerprint density at radius 1 is 1.32 bits per heavy atom. The number of carbonyl (C=O) groups excluding carboxylic acids is 1. The lowest BCUT2D eigenvalue weighted by Gasteiger charge is -2.13. The van der Waals surface area contributed by atoms with E-state index in [1.807, 2.05) is 43.3 Å². The minimum Gasteiger partial charge on any atom is -0.345 e. The molecule has 22 heavy (non-hydrogen) atoms. The predicted octanol–water partition coefficient (Wildman–Crippen LogP) is 3.63. The van der Waals surface area contributed by atoms with Crippen LogP contribution in [0.15, 0.2) is 58.8 Å². The minimum absolute atomic E-state index is 0.0481. The molecule has 0 unspecified atom stereocenters. The van der Waals surface area contributed by atoms with Gasteiger partial charge in [-0.2, -0.15) is 5.26 Å². The van der Waals surface area contributed by atoms with Crippen LogP contribution in [0.2, 0.25) is 0 Å². The molecule has 1 N–H and O–H groups in total. The van der Waals surface area contributed by atoms with Gasteiger partial charge in [-0.15, -0.1) is 0 Å². The molecule has 0 radical (unpaired) electrons. The molecule has 2 rings (SSSR count). The van der Waals surface area contributed by atoms with Crippen molar-refractivity contribution in [3.05, 3.63) is 70.0 Å². The molecule has 0 fully saturated rings. The highest BCUT2D eigenvalue weighted by Gasteiger charge is 2.13. The molecule has 0 bridgehead atoms. The molecule has 1 heterocycles. The second-order valence-corrected chi connectivity index (χ2v) is 5.50. The number of hydrogen-bond acceptors (Lipinski definition) is 3. The molecule has 0 saturated heterocycles. The molecule has 2 aromatic rings. The normalized spacial score (nSPS) is 12.3. The molecule has 110 valence electrons. The number of nitriles is 1. The summed E-state index contributed by atoms with van der Waals surface area (Å²) in [5, 5.41) is 12.0. The molecular weight excluding hydrogens is 342 g/mol. The molecule has 0 spiro atoms. The maximum absolute atomic E-state index is 12.2. The van der Waals surface area contributed by atoms with Crippen molar-refractivity contribution in [2.45, 2.75) is 13.0 Å². The van der Waals surface area contributed by atoms with Crippen molar-refractivity contribution in [2.75, 3.05) is 0 Å². The topological polar surface area (TPSA) is 65.8 Å². The molecule has 5 heteroatoms. The lowest BCUT2D eigenvalue weighted by molar-refractivity contribution is -0.117. The Hall–Kier alpha value is -2.45. The fourth-order valence-electron chi connectivity index (χ4n) is 1.89. The van der Waals surface area contributed by atoms with E-state index in [2.05, 4.69) is 26.2 Å². The first-order valence-electron chi connectivity index (χ1n) is 6.69. The fraction of sp³-hybridized carbons (Fsp3) is 0.118. The molecule has 0 aliphatic heterocycles. The fourth-order valence-corrected chi connectivity index (χ4v) is 2.12.